The first-order chi connectivity index (χ1) is 18.0. The predicted molar refractivity (Wildman–Crippen MR) is 136 cm³/mol. The molecule has 1 aliphatic heterocycles. The minimum Gasteiger partial charge on any atom is -0.481 e. The van der Waals surface area contributed by atoms with Gasteiger partial charge in [-0.3, -0.25) is 24.5 Å². The molecule has 0 bridgehead atoms. The van der Waals surface area contributed by atoms with Crippen LogP contribution in [0.3, 0.4) is 0 Å². The van der Waals surface area contributed by atoms with Gasteiger partial charge in [0.2, 0.25) is 5.78 Å². The number of hydrogen-bond acceptors (Lipinski definition) is 6. The second kappa shape index (κ2) is 9.99. The molecular formula is C30H21NO6. The number of hydrogen-bond donors (Lipinski definition) is 0. The Morgan fingerprint density at radius 1 is 0.676 bits per heavy atom. The van der Waals surface area contributed by atoms with Gasteiger partial charge in [-0.05, 0) is 18.2 Å². The van der Waals surface area contributed by atoms with Crippen molar-refractivity contribution >= 4 is 23.0 Å². The summed E-state index contributed by atoms with van der Waals surface area (Å²) in [6.07, 6.45) is -1.11. The van der Waals surface area contributed by atoms with E-state index in [0.29, 0.717) is 22.4 Å². The second-order valence-electron chi connectivity index (χ2n) is 8.71. The monoisotopic (exact) mass is 491 g/mol. The summed E-state index contributed by atoms with van der Waals surface area (Å²) in [6, 6.07) is 29.1. The van der Waals surface area contributed by atoms with E-state index >= 15 is 0 Å². The molecular weight excluding hydrogens is 470 g/mol. The molecule has 0 spiro atoms. The number of non-ortho nitro benzene ring substituents is 1. The summed E-state index contributed by atoms with van der Waals surface area (Å²) in [5, 5.41) is 11.1. The third kappa shape index (κ3) is 4.54. The van der Waals surface area contributed by atoms with Crippen LogP contribution in [0.5, 0.6) is 5.75 Å². The molecule has 4 aromatic carbocycles. The van der Waals surface area contributed by atoms with E-state index in [-0.39, 0.29) is 17.0 Å². The molecule has 0 aromatic heterocycles. The van der Waals surface area contributed by atoms with Crippen molar-refractivity contribution in [1.82, 2.24) is 0 Å². The van der Waals surface area contributed by atoms with Gasteiger partial charge in [0.25, 0.3) is 5.69 Å². The number of nitrogens with zero attached hydrogens (tertiary/aromatic N) is 1. The van der Waals surface area contributed by atoms with Crippen molar-refractivity contribution in [3.05, 3.63) is 142 Å². The summed E-state index contributed by atoms with van der Waals surface area (Å²) in [7, 11) is 0. The van der Waals surface area contributed by atoms with Gasteiger partial charge in [-0.15, -0.1) is 0 Å². The van der Waals surface area contributed by atoms with Gasteiger partial charge in [-0.1, -0.05) is 78.9 Å². The highest BCUT2D eigenvalue weighted by molar-refractivity contribution is 6.17. The van der Waals surface area contributed by atoms with Crippen LogP contribution in [0.4, 0.5) is 5.69 Å². The Bertz CT molecular complexity index is 1480. The van der Waals surface area contributed by atoms with Gasteiger partial charge in [0.1, 0.15) is 5.75 Å². The van der Waals surface area contributed by atoms with Crippen LogP contribution in [0, 0.1) is 16.0 Å². The number of ether oxygens (including phenoxy) is 1. The fourth-order valence-corrected chi connectivity index (χ4v) is 4.73. The van der Waals surface area contributed by atoms with E-state index in [4.69, 9.17) is 4.74 Å². The molecule has 7 heteroatoms. The van der Waals surface area contributed by atoms with Crippen LogP contribution in [0.2, 0.25) is 0 Å². The van der Waals surface area contributed by atoms with E-state index in [9.17, 15) is 24.5 Å². The van der Waals surface area contributed by atoms with Crippen molar-refractivity contribution in [3.63, 3.8) is 0 Å². The first-order valence-corrected chi connectivity index (χ1v) is 11.7. The lowest BCUT2D eigenvalue weighted by Crippen LogP contribution is -2.40. The predicted octanol–water partition coefficient (Wildman–Crippen LogP) is 5.70. The molecule has 5 rings (SSSR count). The molecule has 0 aliphatic carbocycles. The molecule has 1 heterocycles. The Hall–Kier alpha value is -4.91. The lowest BCUT2D eigenvalue weighted by Gasteiger charge is -2.26. The maximum Gasteiger partial charge on any atom is 0.269 e. The molecule has 7 nitrogen and oxygen atoms in total. The SMILES string of the molecule is O=C(c1ccccc1)C1Oc2ccccc2C1C(C(=O)c1ccccc1)C(=O)c1ccc([N+](=O)[O-])cc1. The van der Waals surface area contributed by atoms with E-state index < -0.39 is 34.4 Å². The molecule has 1 aliphatic rings. The summed E-state index contributed by atoms with van der Waals surface area (Å²) in [6.45, 7) is 0. The number of nitro benzene ring substituents is 1. The largest absolute Gasteiger partial charge is 0.481 e. The minimum absolute atomic E-state index is 0.134. The normalized spacial score (nSPS) is 16.8. The van der Waals surface area contributed by atoms with Crippen LogP contribution in [0.15, 0.2) is 109 Å². The van der Waals surface area contributed by atoms with Crippen LogP contribution in [-0.4, -0.2) is 28.4 Å². The minimum atomic E-state index is -1.30. The van der Waals surface area contributed by atoms with Gasteiger partial charge in [0.05, 0.1) is 10.8 Å². The Labute approximate surface area is 212 Å². The van der Waals surface area contributed by atoms with Gasteiger partial charge < -0.3 is 4.74 Å². The van der Waals surface area contributed by atoms with Gasteiger partial charge >= 0.3 is 0 Å². The van der Waals surface area contributed by atoms with Crippen molar-refractivity contribution in [2.75, 3.05) is 0 Å². The first kappa shape index (κ1) is 23.8. The molecule has 3 unspecified atom stereocenters. The van der Waals surface area contributed by atoms with Crippen LogP contribution in [-0.2, 0) is 0 Å². The first-order valence-electron chi connectivity index (χ1n) is 11.7. The maximum atomic E-state index is 14.0. The van der Waals surface area contributed by atoms with Crippen molar-refractivity contribution in [1.29, 1.82) is 0 Å². The Balaban J connectivity index is 1.64. The lowest BCUT2D eigenvalue weighted by atomic mass is 9.74. The highest BCUT2D eigenvalue weighted by Gasteiger charge is 2.49. The van der Waals surface area contributed by atoms with Gasteiger partial charge in [-0.25, -0.2) is 0 Å². The smallest absolute Gasteiger partial charge is 0.269 e. The fraction of sp³-hybridized carbons (Fsp3) is 0.100. The van der Waals surface area contributed by atoms with Crippen LogP contribution in [0.25, 0.3) is 0 Å². The van der Waals surface area contributed by atoms with E-state index in [1.807, 2.05) is 0 Å². The van der Waals surface area contributed by atoms with Crippen LogP contribution in [0.1, 0.15) is 42.6 Å². The van der Waals surface area contributed by atoms with Gasteiger partial charge in [-0.2, -0.15) is 0 Å². The van der Waals surface area contributed by atoms with Gasteiger partial charge in [0.15, 0.2) is 17.7 Å². The fourth-order valence-electron chi connectivity index (χ4n) is 4.73. The third-order valence-electron chi connectivity index (χ3n) is 6.52. The topological polar surface area (TPSA) is 104 Å². The number of rotatable bonds is 8. The second-order valence-corrected chi connectivity index (χ2v) is 8.71. The van der Waals surface area contributed by atoms with E-state index in [1.54, 1.807) is 84.9 Å². The van der Waals surface area contributed by atoms with E-state index in [1.165, 1.54) is 24.3 Å². The molecule has 3 atom stereocenters. The van der Waals surface area contributed by atoms with Crippen LogP contribution < -0.4 is 4.74 Å². The van der Waals surface area contributed by atoms with Crippen molar-refractivity contribution in [3.8, 4) is 5.75 Å². The zero-order chi connectivity index (χ0) is 25.9. The number of carbonyl (C=O) groups is 3. The zero-order valence-corrected chi connectivity index (χ0v) is 19.5. The van der Waals surface area contributed by atoms with E-state index in [2.05, 4.69) is 0 Å². The summed E-state index contributed by atoms with van der Waals surface area (Å²) < 4.78 is 6.10. The van der Waals surface area contributed by atoms with Gasteiger partial charge in [0, 0.05) is 40.3 Å². The molecule has 0 saturated heterocycles. The number of benzene rings is 4. The summed E-state index contributed by atoms with van der Waals surface area (Å²) >= 11 is 0. The Morgan fingerprint density at radius 3 is 1.78 bits per heavy atom. The zero-order valence-electron chi connectivity index (χ0n) is 19.5. The molecule has 0 amide bonds. The number of Topliss-reactive ketones (excluding diaryl/α,β-unsaturated/α-hetero) is 3. The molecule has 0 radical (unpaired) electrons. The average Bonchev–Trinajstić information content (AvgIpc) is 3.33. The van der Waals surface area contributed by atoms with Crippen molar-refractivity contribution < 1.29 is 24.0 Å². The lowest BCUT2D eigenvalue weighted by molar-refractivity contribution is -0.384. The Kier molecular flexibility index (Phi) is 6.43. The molecule has 182 valence electrons. The average molecular weight is 491 g/mol. The van der Waals surface area contributed by atoms with Crippen molar-refractivity contribution in [2.24, 2.45) is 5.92 Å². The van der Waals surface area contributed by atoms with Crippen LogP contribution >= 0.6 is 0 Å². The summed E-state index contributed by atoms with van der Waals surface area (Å²) in [4.78, 5) is 52.1. The molecule has 0 saturated carbocycles. The quantitative estimate of drug-likeness (QED) is 0.135. The third-order valence-corrected chi connectivity index (χ3v) is 6.52. The summed E-state index contributed by atoms with van der Waals surface area (Å²) in [5.74, 6) is -3.11. The molecule has 4 aromatic rings. The van der Waals surface area contributed by atoms with E-state index in [0.717, 1.165) is 0 Å². The Morgan fingerprint density at radius 2 is 1.19 bits per heavy atom. The molecule has 37 heavy (non-hydrogen) atoms. The standard InChI is InChI=1S/C30H21NO6/c32-27(19-9-3-1-4-10-19)26(28(33)21-15-17-22(18-16-21)31(35)36)25-23-13-7-8-14-24(23)37-30(25)29(34)20-11-5-2-6-12-20/h1-18,25-26,30H. The highest BCUT2D eigenvalue weighted by atomic mass is 16.6. The highest BCUT2D eigenvalue weighted by Crippen LogP contribution is 2.45. The summed E-state index contributed by atoms with van der Waals surface area (Å²) in [5.41, 5.74) is 1.27. The molecule has 0 fully saturated rings. The number of fused-ring (bicyclic) bond motifs is 1. The maximum absolute atomic E-state index is 14.0. The number of carbonyl (C=O) groups excluding carboxylic acids is 3. The molecule has 0 N–H and O–H groups in total. The number of ketones is 3. The number of nitro groups is 1. The van der Waals surface area contributed by atoms with Crippen molar-refractivity contribution in [2.45, 2.75) is 12.0 Å². The number of para-hydroxylation sites is 1.